The van der Waals surface area contributed by atoms with E-state index in [2.05, 4.69) is 5.10 Å². The van der Waals surface area contributed by atoms with Crippen LogP contribution in [0.1, 0.15) is 5.56 Å². The minimum atomic E-state index is -0.861. The highest BCUT2D eigenvalue weighted by molar-refractivity contribution is 5.43. The van der Waals surface area contributed by atoms with Gasteiger partial charge in [-0.25, -0.2) is 13.5 Å². The van der Waals surface area contributed by atoms with Gasteiger partial charge in [0.15, 0.2) is 11.6 Å². The number of halogens is 2. The molecule has 0 radical (unpaired) electrons. The number of anilines is 1. The molecule has 0 unspecified atom stereocenters. The van der Waals surface area contributed by atoms with E-state index in [9.17, 15) is 8.78 Å². The molecule has 1 aromatic carbocycles. The summed E-state index contributed by atoms with van der Waals surface area (Å²) in [5.41, 5.74) is 4.91. The Morgan fingerprint density at radius 2 is 1.94 bits per heavy atom. The van der Waals surface area contributed by atoms with Gasteiger partial charge in [-0.1, -0.05) is 0 Å². The SMILES string of the molecule is N#Cc1cc(F)c(-n2ccc(N)n2)c(F)c1. The molecule has 4 nitrogen and oxygen atoms in total. The molecule has 0 spiro atoms. The van der Waals surface area contributed by atoms with Crippen molar-refractivity contribution in [2.24, 2.45) is 0 Å². The maximum Gasteiger partial charge on any atom is 0.153 e. The standard InChI is InChI=1S/C10H6F2N4/c11-7-3-6(5-13)4-8(12)10(7)16-2-1-9(14)15-16/h1-4H,(H2,14,15). The number of benzene rings is 1. The second-order valence-electron chi connectivity index (χ2n) is 3.09. The van der Waals surface area contributed by atoms with Gasteiger partial charge < -0.3 is 5.73 Å². The van der Waals surface area contributed by atoms with E-state index in [-0.39, 0.29) is 17.1 Å². The Labute approximate surface area is 89.5 Å². The Morgan fingerprint density at radius 3 is 2.38 bits per heavy atom. The fourth-order valence-electron chi connectivity index (χ4n) is 1.31. The molecular weight excluding hydrogens is 214 g/mol. The van der Waals surface area contributed by atoms with Gasteiger partial charge in [0.05, 0.1) is 11.6 Å². The zero-order valence-corrected chi connectivity index (χ0v) is 7.98. The van der Waals surface area contributed by atoms with Gasteiger partial charge in [0, 0.05) is 12.3 Å². The molecule has 0 saturated carbocycles. The van der Waals surface area contributed by atoms with E-state index in [0.29, 0.717) is 0 Å². The van der Waals surface area contributed by atoms with Crippen LogP contribution in [0.15, 0.2) is 24.4 Å². The number of nitrogen functional groups attached to an aromatic ring is 1. The lowest BCUT2D eigenvalue weighted by atomic mass is 10.2. The van der Waals surface area contributed by atoms with Crippen LogP contribution in [0.2, 0.25) is 0 Å². The van der Waals surface area contributed by atoms with E-state index in [1.165, 1.54) is 12.3 Å². The zero-order chi connectivity index (χ0) is 11.7. The molecule has 0 fully saturated rings. The van der Waals surface area contributed by atoms with Gasteiger partial charge in [-0.05, 0) is 12.1 Å². The molecule has 0 atom stereocenters. The molecule has 0 aliphatic carbocycles. The van der Waals surface area contributed by atoms with Crippen LogP contribution in [0.4, 0.5) is 14.6 Å². The second kappa shape index (κ2) is 3.62. The van der Waals surface area contributed by atoms with Gasteiger partial charge >= 0.3 is 0 Å². The summed E-state index contributed by atoms with van der Waals surface area (Å²) in [6, 6.07) is 4.95. The number of hydrogen-bond donors (Lipinski definition) is 1. The molecule has 2 N–H and O–H groups in total. The average molecular weight is 220 g/mol. The third-order valence-corrected chi connectivity index (χ3v) is 1.98. The number of nitrogens with two attached hydrogens (primary N) is 1. The van der Waals surface area contributed by atoms with Gasteiger partial charge in [0.25, 0.3) is 0 Å². The van der Waals surface area contributed by atoms with Crippen molar-refractivity contribution in [1.29, 1.82) is 5.26 Å². The first-order valence-electron chi connectivity index (χ1n) is 4.32. The molecule has 1 aromatic heterocycles. The van der Waals surface area contributed by atoms with Crippen LogP contribution >= 0.6 is 0 Å². The third kappa shape index (κ3) is 1.59. The molecule has 0 aliphatic heterocycles. The normalized spacial score (nSPS) is 10.1. The molecule has 2 aromatic rings. The summed E-state index contributed by atoms with van der Waals surface area (Å²) in [5.74, 6) is -1.57. The summed E-state index contributed by atoms with van der Waals surface area (Å²) in [6.45, 7) is 0. The van der Waals surface area contributed by atoms with Crippen molar-refractivity contribution in [3.05, 3.63) is 41.6 Å². The summed E-state index contributed by atoms with van der Waals surface area (Å²) in [7, 11) is 0. The highest BCUT2D eigenvalue weighted by atomic mass is 19.1. The number of aromatic nitrogens is 2. The monoisotopic (exact) mass is 220 g/mol. The van der Waals surface area contributed by atoms with Gasteiger partial charge in [0.1, 0.15) is 11.5 Å². The van der Waals surface area contributed by atoms with Gasteiger partial charge in [-0.15, -0.1) is 0 Å². The van der Waals surface area contributed by atoms with Gasteiger partial charge in [-0.2, -0.15) is 10.4 Å². The lowest BCUT2D eigenvalue weighted by Gasteiger charge is -2.04. The lowest BCUT2D eigenvalue weighted by Crippen LogP contribution is -2.03. The average Bonchev–Trinajstić information content (AvgIpc) is 2.63. The van der Waals surface area contributed by atoms with Crippen LogP contribution < -0.4 is 5.73 Å². The topological polar surface area (TPSA) is 67.6 Å². The van der Waals surface area contributed by atoms with Gasteiger partial charge in [0.2, 0.25) is 0 Å². The molecule has 80 valence electrons. The maximum absolute atomic E-state index is 13.5. The lowest BCUT2D eigenvalue weighted by molar-refractivity contribution is 0.560. The van der Waals surface area contributed by atoms with Crippen LogP contribution in [0.5, 0.6) is 0 Å². The van der Waals surface area contributed by atoms with E-state index in [4.69, 9.17) is 11.0 Å². The number of hydrogen-bond acceptors (Lipinski definition) is 3. The molecule has 6 heteroatoms. The van der Waals surface area contributed by atoms with E-state index in [1.807, 2.05) is 0 Å². The highest BCUT2D eigenvalue weighted by Gasteiger charge is 2.13. The van der Waals surface area contributed by atoms with E-state index in [0.717, 1.165) is 16.8 Å². The van der Waals surface area contributed by atoms with Crippen LogP contribution in [0.25, 0.3) is 5.69 Å². The maximum atomic E-state index is 13.5. The summed E-state index contributed by atoms with van der Waals surface area (Å²) < 4.78 is 28.0. The minimum absolute atomic E-state index is 0.0844. The van der Waals surface area contributed by atoms with Crippen LogP contribution in [-0.2, 0) is 0 Å². The predicted octanol–water partition coefficient (Wildman–Crippen LogP) is 1.60. The molecule has 16 heavy (non-hydrogen) atoms. The van der Waals surface area contributed by atoms with Crippen LogP contribution in [0, 0.1) is 23.0 Å². The Hall–Kier alpha value is -2.42. The Kier molecular flexibility index (Phi) is 2.29. The number of nitrogens with zero attached hydrogens (tertiary/aromatic N) is 3. The van der Waals surface area contributed by atoms with Gasteiger partial charge in [-0.3, -0.25) is 0 Å². The minimum Gasteiger partial charge on any atom is -0.382 e. The quantitative estimate of drug-likeness (QED) is 0.793. The number of rotatable bonds is 1. The molecular formula is C10H6F2N4. The second-order valence-corrected chi connectivity index (χ2v) is 3.09. The van der Waals surface area contributed by atoms with Crippen LogP contribution in [-0.4, -0.2) is 9.78 Å². The fourth-order valence-corrected chi connectivity index (χ4v) is 1.31. The predicted molar refractivity (Wildman–Crippen MR) is 52.6 cm³/mol. The smallest absolute Gasteiger partial charge is 0.153 e. The molecule has 0 bridgehead atoms. The van der Waals surface area contributed by atoms with Crippen LogP contribution in [0.3, 0.4) is 0 Å². The van der Waals surface area contributed by atoms with Crippen molar-refractivity contribution < 1.29 is 8.78 Å². The first-order valence-corrected chi connectivity index (χ1v) is 4.32. The molecule has 1 heterocycles. The Balaban J connectivity index is 2.63. The fraction of sp³-hybridized carbons (Fsp3) is 0. The van der Waals surface area contributed by atoms with Crippen molar-refractivity contribution in [2.45, 2.75) is 0 Å². The number of nitriles is 1. The molecule has 2 rings (SSSR count). The first kappa shape index (κ1) is 10.1. The van der Waals surface area contributed by atoms with Crippen molar-refractivity contribution in [3.8, 4) is 11.8 Å². The summed E-state index contributed by atoms with van der Waals surface area (Å²) in [5, 5.41) is 12.2. The van der Waals surface area contributed by atoms with Crippen molar-refractivity contribution in [3.63, 3.8) is 0 Å². The van der Waals surface area contributed by atoms with E-state index in [1.54, 1.807) is 6.07 Å². The highest BCUT2D eigenvalue weighted by Crippen LogP contribution is 2.19. The Morgan fingerprint density at radius 1 is 1.31 bits per heavy atom. The van der Waals surface area contributed by atoms with Crippen molar-refractivity contribution in [2.75, 3.05) is 5.73 Å². The molecule has 0 aliphatic rings. The first-order chi connectivity index (χ1) is 7.61. The molecule has 0 saturated heterocycles. The van der Waals surface area contributed by atoms with E-state index >= 15 is 0 Å². The third-order valence-electron chi connectivity index (χ3n) is 1.98. The zero-order valence-electron chi connectivity index (χ0n) is 7.98. The van der Waals surface area contributed by atoms with Crippen molar-refractivity contribution >= 4 is 5.82 Å². The van der Waals surface area contributed by atoms with Crippen molar-refractivity contribution in [1.82, 2.24) is 9.78 Å². The summed E-state index contributed by atoms with van der Waals surface area (Å²) in [6.07, 6.45) is 1.34. The summed E-state index contributed by atoms with van der Waals surface area (Å²) >= 11 is 0. The molecule has 0 amide bonds. The Bertz CT molecular complexity index is 560. The largest absolute Gasteiger partial charge is 0.382 e. The summed E-state index contributed by atoms with van der Waals surface area (Å²) in [4.78, 5) is 0. The van der Waals surface area contributed by atoms with E-state index < -0.39 is 11.6 Å².